The molecule has 0 amide bonds. The molecule has 0 aliphatic rings. The molecule has 16 heavy (non-hydrogen) atoms. The molecule has 0 unspecified atom stereocenters. The molecule has 1 aromatic carbocycles. The Morgan fingerprint density at radius 3 is 2.69 bits per heavy atom. The van der Waals surface area contributed by atoms with Gasteiger partial charge in [0.1, 0.15) is 5.78 Å². The summed E-state index contributed by atoms with van der Waals surface area (Å²) >= 11 is 9.44. The van der Waals surface area contributed by atoms with Gasteiger partial charge in [-0.3, -0.25) is 4.79 Å². The summed E-state index contributed by atoms with van der Waals surface area (Å²) in [5.74, 6) is 0.752. The molecule has 0 atom stereocenters. The molecular weight excluding hydrogens is 287 g/mol. The van der Waals surface area contributed by atoms with E-state index in [1.54, 1.807) is 0 Å². The molecule has 0 saturated carbocycles. The van der Waals surface area contributed by atoms with Crippen LogP contribution in [0.25, 0.3) is 0 Å². The van der Waals surface area contributed by atoms with Crippen molar-refractivity contribution in [1.29, 1.82) is 0 Å². The van der Waals surface area contributed by atoms with Gasteiger partial charge in [-0.2, -0.15) is 0 Å². The van der Waals surface area contributed by atoms with Crippen LogP contribution in [-0.2, 0) is 11.2 Å². The maximum Gasteiger partial charge on any atom is 0.133 e. The van der Waals surface area contributed by atoms with Crippen molar-refractivity contribution in [2.45, 2.75) is 33.1 Å². The number of halogens is 2. The van der Waals surface area contributed by atoms with Crippen LogP contribution < -0.4 is 0 Å². The lowest BCUT2D eigenvalue weighted by molar-refractivity contribution is -0.119. The zero-order valence-corrected chi connectivity index (χ0v) is 11.9. The van der Waals surface area contributed by atoms with Crippen LogP contribution in [0.5, 0.6) is 0 Å². The number of ketones is 1. The van der Waals surface area contributed by atoms with Crippen LogP contribution in [0, 0.1) is 5.92 Å². The molecule has 0 fully saturated rings. The summed E-state index contributed by atoms with van der Waals surface area (Å²) in [6, 6.07) is 5.78. The highest BCUT2D eigenvalue weighted by Gasteiger charge is 2.07. The highest BCUT2D eigenvalue weighted by molar-refractivity contribution is 9.10. The second-order valence-corrected chi connectivity index (χ2v) is 5.70. The van der Waals surface area contributed by atoms with E-state index in [1.165, 1.54) is 0 Å². The Balaban J connectivity index is 2.51. The molecule has 88 valence electrons. The molecule has 1 nitrogen and oxygen atoms in total. The van der Waals surface area contributed by atoms with Crippen molar-refractivity contribution < 1.29 is 4.79 Å². The van der Waals surface area contributed by atoms with Gasteiger partial charge >= 0.3 is 0 Å². The zero-order chi connectivity index (χ0) is 12.1. The minimum atomic E-state index is 0.314. The molecule has 0 N–H and O–H groups in total. The Morgan fingerprint density at radius 2 is 2.12 bits per heavy atom. The Bertz CT molecular complexity index is 374. The lowest BCUT2D eigenvalue weighted by Crippen LogP contribution is -2.04. The van der Waals surface area contributed by atoms with Crippen LogP contribution in [0.15, 0.2) is 22.7 Å². The van der Waals surface area contributed by atoms with E-state index in [-0.39, 0.29) is 0 Å². The van der Waals surface area contributed by atoms with Crippen molar-refractivity contribution in [3.63, 3.8) is 0 Å². The molecule has 0 aliphatic heterocycles. The van der Waals surface area contributed by atoms with Crippen molar-refractivity contribution in [3.05, 3.63) is 33.3 Å². The Kier molecular flexibility index (Phi) is 5.50. The first-order valence-corrected chi connectivity index (χ1v) is 6.61. The second kappa shape index (κ2) is 6.41. The van der Waals surface area contributed by atoms with Gasteiger partial charge in [0.15, 0.2) is 0 Å². The number of carbonyl (C=O) groups excluding carboxylic acids is 1. The van der Waals surface area contributed by atoms with E-state index in [9.17, 15) is 4.79 Å². The molecule has 1 aromatic rings. The van der Waals surface area contributed by atoms with Gasteiger partial charge in [-0.05, 0) is 30.0 Å². The minimum Gasteiger partial charge on any atom is -0.300 e. The van der Waals surface area contributed by atoms with Crippen LogP contribution in [0.1, 0.15) is 32.3 Å². The van der Waals surface area contributed by atoms with Gasteiger partial charge in [-0.25, -0.2) is 0 Å². The third-order valence-corrected chi connectivity index (χ3v) is 3.17. The first kappa shape index (κ1) is 13.7. The summed E-state index contributed by atoms with van der Waals surface area (Å²) in [5, 5.41) is 0.728. The number of benzene rings is 1. The summed E-state index contributed by atoms with van der Waals surface area (Å²) < 4.78 is 0.967. The number of aryl methyl sites for hydroxylation is 1. The van der Waals surface area contributed by atoms with E-state index in [0.717, 1.165) is 21.5 Å². The molecule has 3 heteroatoms. The average Bonchev–Trinajstić information content (AvgIpc) is 2.15. The van der Waals surface area contributed by atoms with E-state index in [1.807, 2.05) is 18.2 Å². The van der Waals surface area contributed by atoms with Crippen molar-refractivity contribution in [2.75, 3.05) is 0 Å². The van der Waals surface area contributed by atoms with Gasteiger partial charge in [-0.15, -0.1) is 0 Å². The summed E-state index contributed by atoms with van der Waals surface area (Å²) in [7, 11) is 0. The molecular formula is C13H16BrClO. The molecule has 0 bridgehead atoms. The van der Waals surface area contributed by atoms with Gasteiger partial charge in [0.05, 0.1) is 0 Å². The zero-order valence-electron chi connectivity index (χ0n) is 9.59. The summed E-state index contributed by atoms with van der Waals surface area (Å²) in [4.78, 5) is 11.6. The number of hydrogen-bond acceptors (Lipinski definition) is 1. The quantitative estimate of drug-likeness (QED) is 0.774. The SMILES string of the molecule is CC(C)CC(=O)CCc1ccc(Br)cc1Cl. The third-order valence-electron chi connectivity index (χ3n) is 2.32. The van der Waals surface area contributed by atoms with Crippen molar-refractivity contribution in [1.82, 2.24) is 0 Å². The summed E-state index contributed by atoms with van der Waals surface area (Å²) in [6.45, 7) is 4.12. The monoisotopic (exact) mass is 302 g/mol. The fourth-order valence-electron chi connectivity index (χ4n) is 1.56. The predicted molar refractivity (Wildman–Crippen MR) is 71.9 cm³/mol. The van der Waals surface area contributed by atoms with Gasteiger partial charge < -0.3 is 0 Å². The molecule has 1 rings (SSSR count). The largest absolute Gasteiger partial charge is 0.300 e. The predicted octanol–water partition coefficient (Wildman–Crippen LogP) is 4.65. The number of carbonyl (C=O) groups is 1. The minimum absolute atomic E-state index is 0.314. The fraction of sp³-hybridized carbons (Fsp3) is 0.462. The lowest BCUT2D eigenvalue weighted by Gasteiger charge is -2.06. The van der Waals surface area contributed by atoms with Crippen LogP contribution in [0.3, 0.4) is 0 Å². The van der Waals surface area contributed by atoms with Crippen LogP contribution >= 0.6 is 27.5 Å². The summed E-state index contributed by atoms with van der Waals surface area (Å²) in [6.07, 6.45) is 1.98. The Labute approximate surface area is 110 Å². The van der Waals surface area contributed by atoms with Crippen molar-refractivity contribution >= 4 is 33.3 Å². The molecule has 0 radical (unpaired) electrons. The number of rotatable bonds is 5. The average molecular weight is 304 g/mol. The van der Waals surface area contributed by atoms with E-state index in [0.29, 0.717) is 24.5 Å². The molecule has 0 spiro atoms. The molecule has 0 aliphatic carbocycles. The second-order valence-electron chi connectivity index (χ2n) is 4.37. The standard InChI is InChI=1S/C13H16BrClO/c1-9(2)7-12(16)6-4-10-3-5-11(14)8-13(10)15/h3,5,8-9H,4,6-7H2,1-2H3. The van der Waals surface area contributed by atoms with E-state index < -0.39 is 0 Å². The molecule has 0 saturated heterocycles. The Hall–Kier alpha value is -0.340. The lowest BCUT2D eigenvalue weighted by atomic mass is 10.0. The molecule has 0 heterocycles. The van der Waals surface area contributed by atoms with Crippen molar-refractivity contribution in [3.8, 4) is 0 Å². The van der Waals surface area contributed by atoms with Crippen LogP contribution in [-0.4, -0.2) is 5.78 Å². The van der Waals surface area contributed by atoms with E-state index in [2.05, 4.69) is 29.8 Å². The normalized spacial score (nSPS) is 10.8. The first-order valence-electron chi connectivity index (χ1n) is 5.44. The smallest absolute Gasteiger partial charge is 0.133 e. The maximum absolute atomic E-state index is 11.6. The topological polar surface area (TPSA) is 17.1 Å². The van der Waals surface area contributed by atoms with Gasteiger partial charge in [0, 0.05) is 22.3 Å². The van der Waals surface area contributed by atoms with E-state index >= 15 is 0 Å². The van der Waals surface area contributed by atoms with Gasteiger partial charge in [-0.1, -0.05) is 47.4 Å². The summed E-state index contributed by atoms with van der Waals surface area (Å²) in [5.41, 5.74) is 1.04. The maximum atomic E-state index is 11.6. The highest BCUT2D eigenvalue weighted by Crippen LogP contribution is 2.22. The number of hydrogen-bond donors (Lipinski definition) is 0. The first-order chi connectivity index (χ1) is 7.49. The fourth-order valence-corrected chi connectivity index (χ4v) is 2.32. The molecule has 0 aromatic heterocycles. The highest BCUT2D eigenvalue weighted by atomic mass is 79.9. The van der Waals surface area contributed by atoms with Crippen LogP contribution in [0.2, 0.25) is 5.02 Å². The van der Waals surface area contributed by atoms with Crippen molar-refractivity contribution in [2.24, 2.45) is 5.92 Å². The number of Topliss-reactive ketones (excluding diaryl/α,β-unsaturated/α-hetero) is 1. The Morgan fingerprint density at radius 1 is 1.44 bits per heavy atom. The third kappa shape index (κ3) is 4.67. The van der Waals surface area contributed by atoms with Crippen LogP contribution in [0.4, 0.5) is 0 Å². The van der Waals surface area contributed by atoms with E-state index in [4.69, 9.17) is 11.6 Å². The van der Waals surface area contributed by atoms with Gasteiger partial charge in [0.2, 0.25) is 0 Å². The van der Waals surface area contributed by atoms with Gasteiger partial charge in [0.25, 0.3) is 0 Å².